The molecule has 1 amide bonds. The van der Waals surface area contributed by atoms with E-state index in [1.165, 1.54) is 30.5 Å². The lowest BCUT2D eigenvalue weighted by molar-refractivity contribution is 0.0954. The molecule has 1 aliphatic rings. The number of aromatic nitrogens is 2. The van der Waals surface area contributed by atoms with Crippen molar-refractivity contribution >= 4 is 15.7 Å². The number of amides is 1. The summed E-state index contributed by atoms with van der Waals surface area (Å²) in [4.78, 5) is 21.3. The van der Waals surface area contributed by atoms with E-state index in [0.29, 0.717) is 5.82 Å². The zero-order chi connectivity index (χ0) is 20.9. The smallest absolute Gasteiger partial charge is 0.258 e. The Morgan fingerprint density at radius 1 is 1.34 bits per heavy atom. The Labute approximate surface area is 168 Å². The van der Waals surface area contributed by atoms with Crippen LogP contribution in [0.5, 0.6) is 11.6 Å². The van der Waals surface area contributed by atoms with Crippen LogP contribution in [0, 0.1) is 5.82 Å². The minimum absolute atomic E-state index is 0.00961. The van der Waals surface area contributed by atoms with E-state index in [2.05, 4.69) is 15.3 Å². The highest BCUT2D eigenvalue weighted by Crippen LogP contribution is 2.34. The number of halogens is 1. The van der Waals surface area contributed by atoms with Gasteiger partial charge in [0, 0.05) is 36.4 Å². The van der Waals surface area contributed by atoms with Gasteiger partial charge in [-0.2, -0.15) is 4.98 Å². The van der Waals surface area contributed by atoms with E-state index >= 15 is 0 Å². The summed E-state index contributed by atoms with van der Waals surface area (Å²) in [7, 11) is -3.27. The molecule has 0 unspecified atom stereocenters. The average Bonchev–Trinajstić information content (AvgIpc) is 3.19. The van der Waals surface area contributed by atoms with Crippen molar-refractivity contribution in [2.75, 3.05) is 12.8 Å². The number of rotatable bonds is 7. The van der Waals surface area contributed by atoms with Gasteiger partial charge in [-0.1, -0.05) is 25.0 Å². The third kappa shape index (κ3) is 6.08. The van der Waals surface area contributed by atoms with Gasteiger partial charge in [0.1, 0.15) is 23.0 Å². The molecule has 1 aromatic heterocycles. The van der Waals surface area contributed by atoms with Gasteiger partial charge >= 0.3 is 0 Å². The first kappa shape index (κ1) is 20.9. The first-order valence-electron chi connectivity index (χ1n) is 9.27. The minimum atomic E-state index is -3.27. The third-order valence-electron chi connectivity index (χ3n) is 4.47. The second-order valence-corrected chi connectivity index (χ2v) is 8.83. The number of benzene rings is 1. The monoisotopic (exact) mass is 419 g/mol. The van der Waals surface area contributed by atoms with Crippen LogP contribution in [0.15, 0.2) is 41.9 Å². The van der Waals surface area contributed by atoms with Crippen molar-refractivity contribution in [3.63, 3.8) is 0 Å². The molecule has 0 aliphatic heterocycles. The van der Waals surface area contributed by atoms with Gasteiger partial charge in [0.05, 0.1) is 0 Å². The molecule has 1 N–H and O–H groups in total. The number of nitrogens with one attached hydrogen (secondary N) is 1. The van der Waals surface area contributed by atoms with E-state index in [0.717, 1.165) is 37.3 Å². The topological polar surface area (TPSA) is 98.2 Å². The van der Waals surface area contributed by atoms with Crippen LogP contribution >= 0.6 is 0 Å². The highest BCUT2D eigenvalue weighted by molar-refractivity contribution is 7.93. The fraction of sp³-hybridized carbons (Fsp3) is 0.350. The molecule has 2 aromatic rings. The van der Waals surface area contributed by atoms with Crippen LogP contribution in [-0.4, -0.2) is 37.1 Å². The van der Waals surface area contributed by atoms with Crippen molar-refractivity contribution in [1.82, 2.24) is 15.3 Å². The third-order valence-corrected chi connectivity index (χ3v) is 5.16. The van der Waals surface area contributed by atoms with Crippen LogP contribution in [0.3, 0.4) is 0 Å². The second kappa shape index (κ2) is 9.13. The Bertz CT molecular complexity index is 1020. The van der Waals surface area contributed by atoms with Crippen molar-refractivity contribution in [2.45, 2.75) is 31.6 Å². The number of ether oxygens (including phenoxy) is 1. The van der Waals surface area contributed by atoms with Crippen molar-refractivity contribution < 1.29 is 22.3 Å². The van der Waals surface area contributed by atoms with Crippen molar-refractivity contribution in [3.05, 3.63) is 59.2 Å². The molecule has 1 heterocycles. The maximum absolute atomic E-state index is 13.5. The standard InChI is InChI=1S/C20H22FN3O4S/c1-29(26,27)11-5-10-22-19(25)17-13-23-18(14-6-2-3-7-14)24-20(17)28-16-9-4-8-15(21)12-16/h4-5,8-9,11-14H,2-3,6-7,10H2,1H3,(H,22,25). The van der Waals surface area contributed by atoms with Crippen LogP contribution in [0.2, 0.25) is 0 Å². The summed E-state index contributed by atoms with van der Waals surface area (Å²) < 4.78 is 41.5. The Kier molecular flexibility index (Phi) is 6.58. The maximum atomic E-state index is 13.5. The van der Waals surface area contributed by atoms with Crippen molar-refractivity contribution in [3.8, 4) is 11.6 Å². The van der Waals surface area contributed by atoms with E-state index in [4.69, 9.17) is 4.74 Å². The lowest BCUT2D eigenvalue weighted by Gasteiger charge is -2.13. The first-order valence-corrected chi connectivity index (χ1v) is 11.2. The Morgan fingerprint density at radius 3 is 2.79 bits per heavy atom. The molecule has 0 bridgehead atoms. The van der Waals surface area contributed by atoms with Crippen molar-refractivity contribution in [2.24, 2.45) is 0 Å². The summed E-state index contributed by atoms with van der Waals surface area (Å²) in [5.74, 6) is 0.0725. The summed E-state index contributed by atoms with van der Waals surface area (Å²) in [6.07, 6.45) is 7.93. The van der Waals surface area contributed by atoms with Gasteiger partial charge in [0.2, 0.25) is 5.88 Å². The number of hydrogen-bond donors (Lipinski definition) is 1. The Morgan fingerprint density at radius 2 is 2.10 bits per heavy atom. The molecule has 1 saturated carbocycles. The van der Waals surface area contributed by atoms with Gasteiger partial charge in [-0.25, -0.2) is 17.8 Å². The predicted molar refractivity (Wildman–Crippen MR) is 106 cm³/mol. The van der Waals surface area contributed by atoms with Gasteiger partial charge in [0.15, 0.2) is 9.84 Å². The Hall–Kier alpha value is -2.81. The summed E-state index contributed by atoms with van der Waals surface area (Å²) >= 11 is 0. The molecule has 154 valence electrons. The zero-order valence-corrected chi connectivity index (χ0v) is 16.8. The molecule has 1 aliphatic carbocycles. The van der Waals surface area contributed by atoms with Gasteiger partial charge in [0.25, 0.3) is 5.91 Å². The highest BCUT2D eigenvalue weighted by Gasteiger charge is 2.23. The van der Waals surface area contributed by atoms with Gasteiger partial charge < -0.3 is 10.1 Å². The number of nitrogens with zero attached hydrogens (tertiary/aromatic N) is 2. The lowest BCUT2D eigenvalue weighted by Crippen LogP contribution is -2.25. The summed E-state index contributed by atoms with van der Waals surface area (Å²) in [6.45, 7) is 0.00961. The molecule has 1 aromatic carbocycles. The fourth-order valence-electron chi connectivity index (χ4n) is 3.11. The molecule has 9 heteroatoms. The summed E-state index contributed by atoms with van der Waals surface area (Å²) in [6, 6.07) is 5.56. The quantitative estimate of drug-likeness (QED) is 0.739. The van der Waals surface area contributed by atoms with Crippen LogP contribution in [0.1, 0.15) is 47.8 Å². The molecule has 0 atom stereocenters. The van der Waals surface area contributed by atoms with Crippen LogP contribution < -0.4 is 10.1 Å². The molecule has 0 radical (unpaired) electrons. The SMILES string of the molecule is CS(=O)(=O)C=CCNC(=O)c1cnc(C2CCCC2)nc1Oc1cccc(F)c1. The highest BCUT2D eigenvalue weighted by atomic mass is 32.2. The van der Waals surface area contributed by atoms with Gasteiger partial charge in [-0.05, 0) is 25.0 Å². The maximum Gasteiger partial charge on any atom is 0.258 e. The summed E-state index contributed by atoms with van der Waals surface area (Å²) in [5, 5.41) is 3.58. The molecule has 0 saturated heterocycles. The molecule has 0 spiro atoms. The molecule has 29 heavy (non-hydrogen) atoms. The van der Waals surface area contributed by atoms with Crippen LogP contribution in [0.4, 0.5) is 4.39 Å². The average molecular weight is 419 g/mol. The number of carbonyl (C=O) groups excluding carboxylic acids is 1. The van der Waals surface area contributed by atoms with E-state index in [1.54, 1.807) is 6.07 Å². The molecule has 3 rings (SSSR count). The predicted octanol–water partition coefficient (Wildman–Crippen LogP) is 3.35. The molecular formula is C20H22FN3O4S. The van der Waals surface area contributed by atoms with E-state index in [-0.39, 0.29) is 29.7 Å². The van der Waals surface area contributed by atoms with Gasteiger partial charge in [-0.3, -0.25) is 4.79 Å². The fourth-order valence-corrected chi connectivity index (χ4v) is 3.55. The largest absolute Gasteiger partial charge is 0.438 e. The lowest BCUT2D eigenvalue weighted by atomic mass is 10.1. The second-order valence-electron chi connectivity index (χ2n) is 6.90. The number of sulfone groups is 1. The number of hydrogen-bond acceptors (Lipinski definition) is 6. The molecule has 1 fully saturated rings. The van der Waals surface area contributed by atoms with Crippen LogP contribution in [0.25, 0.3) is 0 Å². The molecular weight excluding hydrogens is 397 g/mol. The van der Waals surface area contributed by atoms with Crippen molar-refractivity contribution in [1.29, 1.82) is 0 Å². The van der Waals surface area contributed by atoms with E-state index in [1.807, 2.05) is 0 Å². The zero-order valence-electron chi connectivity index (χ0n) is 16.0. The number of carbonyl (C=O) groups is 1. The first-order chi connectivity index (χ1) is 13.8. The molecule has 7 nitrogen and oxygen atoms in total. The minimum Gasteiger partial charge on any atom is -0.438 e. The summed E-state index contributed by atoms with van der Waals surface area (Å²) in [5.41, 5.74) is 0.0868. The van der Waals surface area contributed by atoms with E-state index < -0.39 is 21.6 Å². The van der Waals surface area contributed by atoms with E-state index in [9.17, 15) is 17.6 Å². The normalized spacial score (nSPS) is 15.0. The van der Waals surface area contributed by atoms with Crippen LogP contribution in [-0.2, 0) is 9.84 Å². The Balaban J connectivity index is 1.84. The van der Waals surface area contributed by atoms with Gasteiger partial charge in [-0.15, -0.1) is 0 Å².